The maximum atomic E-state index is 5.86. The van der Waals surface area contributed by atoms with Gasteiger partial charge in [0.05, 0.1) is 0 Å². The molecule has 1 aromatic carbocycles. The third kappa shape index (κ3) is 4.51. The Morgan fingerprint density at radius 2 is 1.95 bits per heavy atom. The Labute approximate surface area is 124 Å². The van der Waals surface area contributed by atoms with Crippen LogP contribution < -0.4 is 10.1 Å². The van der Waals surface area contributed by atoms with Crippen LogP contribution in [0.3, 0.4) is 0 Å². The highest BCUT2D eigenvalue weighted by Gasteiger charge is 2.06. The van der Waals surface area contributed by atoms with Crippen LogP contribution >= 0.6 is 11.6 Å². The van der Waals surface area contributed by atoms with Crippen molar-refractivity contribution in [1.82, 2.24) is 10.3 Å². The molecule has 0 bridgehead atoms. The van der Waals surface area contributed by atoms with Crippen molar-refractivity contribution < 1.29 is 4.74 Å². The molecule has 0 radical (unpaired) electrons. The van der Waals surface area contributed by atoms with Gasteiger partial charge in [0.25, 0.3) is 0 Å². The van der Waals surface area contributed by atoms with Gasteiger partial charge in [-0.15, -0.1) is 0 Å². The van der Waals surface area contributed by atoms with Crippen LogP contribution in [0, 0.1) is 5.92 Å². The summed E-state index contributed by atoms with van der Waals surface area (Å²) in [5.41, 5.74) is 1.04. The fraction of sp³-hybridized carbons (Fsp3) is 0.312. The van der Waals surface area contributed by atoms with Crippen LogP contribution in [0.1, 0.15) is 19.4 Å². The average molecular weight is 291 g/mol. The minimum atomic E-state index is 0.618. The fourth-order valence-corrected chi connectivity index (χ4v) is 1.89. The van der Waals surface area contributed by atoms with Crippen molar-refractivity contribution >= 4 is 11.6 Å². The highest BCUT2D eigenvalue weighted by Crippen LogP contribution is 2.24. The first kappa shape index (κ1) is 14.8. The first-order valence-corrected chi connectivity index (χ1v) is 7.11. The lowest BCUT2D eigenvalue weighted by molar-refractivity contribution is 0.450. The lowest BCUT2D eigenvalue weighted by Crippen LogP contribution is -2.19. The minimum absolute atomic E-state index is 0.618. The molecule has 2 aromatic rings. The number of pyridine rings is 1. The van der Waals surface area contributed by atoms with Crippen molar-refractivity contribution in [2.45, 2.75) is 20.4 Å². The van der Waals surface area contributed by atoms with Crippen molar-refractivity contribution in [2.24, 2.45) is 5.92 Å². The first-order chi connectivity index (χ1) is 9.65. The summed E-state index contributed by atoms with van der Waals surface area (Å²) in [5.74, 6) is 1.98. The van der Waals surface area contributed by atoms with Crippen molar-refractivity contribution in [1.29, 1.82) is 0 Å². The Balaban J connectivity index is 2.05. The van der Waals surface area contributed by atoms with E-state index in [1.807, 2.05) is 24.3 Å². The molecule has 106 valence electrons. The molecule has 0 aliphatic heterocycles. The molecule has 20 heavy (non-hydrogen) atoms. The van der Waals surface area contributed by atoms with Crippen molar-refractivity contribution in [3.63, 3.8) is 0 Å². The van der Waals surface area contributed by atoms with Crippen LogP contribution in [0.5, 0.6) is 11.6 Å². The van der Waals surface area contributed by atoms with Gasteiger partial charge in [-0.25, -0.2) is 4.98 Å². The number of aromatic nitrogens is 1. The molecule has 0 unspecified atom stereocenters. The molecule has 1 N–H and O–H groups in total. The average Bonchev–Trinajstić information content (AvgIpc) is 2.43. The highest BCUT2D eigenvalue weighted by atomic mass is 35.5. The summed E-state index contributed by atoms with van der Waals surface area (Å²) in [4.78, 5) is 4.30. The molecule has 0 spiro atoms. The molecule has 3 nitrogen and oxygen atoms in total. The van der Waals surface area contributed by atoms with Gasteiger partial charge in [0.2, 0.25) is 5.88 Å². The van der Waals surface area contributed by atoms with E-state index in [9.17, 15) is 0 Å². The van der Waals surface area contributed by atoms with Gasteiger partial charge in [0, 0.05) is 23.3 Å². The van der Waals surface area contributed by atoms with Gasteiger partial charge in [0.15, 0.2) is 0 Å². The summed E-state index contributed by atoms with van der Waals surface area (Å²) in [6.07, 6.45) is 1.73. The zero-order chi connectivity index (χ0) is 14.4. The van der Waals surface area contributed by atoms with E-state index in [4.69, 9.17) is 16.3 Å². The standard InChI is InChI=1S/C16H19ClN2O/c1-12(2)10-18-11-13-4-3-9-19-16(13)20-15-7-5-14(17)6-8-15/h3-9,12,18H,10-11H2,1-2H3. The zero-order valence-corrected chi connectivity index (χ0v) is 12.5. The topological polar surface area (TPSA) is 34.2 Å². The number of rotatable bonds is 6. The van der Waals surface area contributed by atoms with Crippen LogP contribution in [-0.2, 0) is 6.54 Å². The molecule has 0 saturated heterocycles. The Morgan fingerprint density at radius 3 is 2.65 bits per heavy atom. The van der Waals surface area contributed by atoms with Crippen LogP contribution in [0.15, 0.2) is 42.6 Å². The number of benzene rings is 1. The molecule has 1 heterocycles. The molecule has 0 atom stereocenters. The Kier molecular flexibility index (Phi) is 5.39. The normalized spacial score (nSPS) is 10.8. The SMILES string of the molecule is CC(C)CNCc1cccnc1Oc1ccc(Cl)cc1. The van der Waals surface area contributed by atoms with E-state index < -0.39 is 0 Å². The third-order valence-corrected chi connectivity index (χ3v) is 3.00. The maximum Gasteiger partial charge on any atom is 0.223 e. The van der Waals surface area contributed by atoms with Gasteiger partial charge in [0.1, 0.15) is 5.75 Å². The fourth-order valence-electron chi connectivity index (χ4n) is 1.76. The molecule has 2 rings (SSSR count). The van der Waals surface area contributed by atoms with E-state index in [0.29, 0.717) is 16.8 Å². The number of nitrogens with zero attached hydrogens (tertiary/aromatic N) is 1. The second kappa shape index (κ2) is 7.27. The molecule has 0 amide bonds. The first-order valence-electron chi connectivity index (χ1n) is 6.73. The summed E-state index contributed by atoms with van der Waals surface area (Å²) in [7, 11) is 0. The molecule has 0 saturated carbocycles. The second-order valence-electron chi connectivity index (χ2n) is 5.05. The van der Waals surface area contributed by atoms with Crippen molar-refractivity contribution in [2.75, 3.05) is 6.54 Å². The number of halogens is 1. The maximum absolute atomic E-state index is 5.86. The number of ether oxygens (including phenoxy) is 1. The Hall–Kier alpha value is -1.58. The molecular formula is C16H19ClN2O. The highest BCUT2D eigenvalue weighted by molar-refractivity contribution is 6.30. The molecule has 0 fully saturated rings. The predicted molar refractivity (Wildman–Crippen MR) is 82.3 cm³/mol. The summed E-state index contributed by atoms with van der Waals surface area (Å²) in [6, 6.07) is 11.2. The largest absolute Gasteiger partial charge is 0.439 e. The smallest absolute Gasteiger partial charge is 0.223 e. The summed E-state index contributed by atoms with van der Waals surface area (Å²) in [6.45, 7) is 6.08. The van der Waals surface area contributed by atoms with Gasteiger partial charge in [-0.1, -0.05) is 31.5 Å². The van der Waals surface area contributed by atoms with Crippen LogP contribution in [0.4, 0.5) is 0 Å². The van der Waals surface area contributed by atoms with Gasteiger partial charge < -0.3 is 10.1 Å². The molecule has 1 aromatic heterocycles. The van der Waals surface area contributed by atoms with Gasteiger partial charge in [-0.2, -0.15) is 0 Å². The zero-order valence-electron chi connectivity index (χ0n) is 11.8. The Morgan fingerprint density at radius 1 is 1.20 bits per heavy atom. The molecule has 4 heteroatoms. The molecule has 0 aliphatic rings. The van der Waals surface area contributed by atoms with E-state index in [1.54, 1.807) is 18.3 Å². The minimum Gasteiger partial charge on any atom is -0.439 e. The lowest BCUT2D eigenvalue weighted by atomic mass is 10.2. The van der Waals surface area contributed by atoms with E-state index in [0.717, 1.165) is 24.4 Å². The summed E-state index contributed by atoms with van der Waals surface area (Å²) in [5, 5.41) is 4.09. The lowest BCUT2D eigenvalue weighted by Gasteiger charge is -2.11. The van der Waals surface area contributed by atoms with E-state index >= 15 is 0 Å². The van der Waals surface area contributed by atoms with Gasteiger partial charge in [-0.05, 0) is 42.8 Å². The second-order valence-corrected chi connectivity index (χ2v) is 5.48. The summed E-state index contributed by atoms with van der Waals surface area (Å²) >= 11 is 5.86. The van der Waals surface area contributed by atoms with Crippen LogP contribution in [-0.4, -0.2) is 11.5 Å². The third-order valence-electron chi connectivity index (χ3n) is 2.75. The van der Waals surface area contributed by atoms with Crippen LogP contribution in [0.25, 0.3) is 0 Å². The number of hydrogen-bond acceptors (Lipinski definition) is 3. The van der Waals surface area contributed by atoms with E-state index in [1.165, 1.54) is 0 Å². The summed E-state index contributed by atoms with van der Waals surface area (Å²) < 4.78 is 5.81. The van der Waals surface area contributed by atoms with E-state index in [2.05, 4.69) is 24.1 Å². The van der Waals surface area contributed by atoms with Gasteiger partial charge in [-0.3, -0.25) is 0 Å². The Bertz CT molecular complexity index is 540. The number of hydrogen-bond donors (Lipinski definition) is 1. The van der Waals surface area contributed by atoms with Gasteiger partial charge >= 0.3 is 0 Å². The van der Waals surface area contributed by atoms with Crippen molar-refractivity contribution in [3.8, 4) is 11.6 Å². The number of nitrogens with one attached hydrogen (secondary N) is 1. The van der Waals surface area contributed by atoms with E-state index in [-0.39, 0.29) is 0 Å². The van der Waals surface area contributed by atoms with Crippen LogP contribution in [0.2, 0.25) is 5.02 Å². The molecular weight excluding hydrogens is 272 g/mol. The predicted octanol–water partition coefficient (Wildman–Crippen LogP) is 4.27. The van der Waals surface area contributed by atoms with Crippen molar-refractivity contribution in [3.05, 3.63) is 53.2 Å². The quantitative estimate of drug-likeness (QED) is 0.862. The molecule has 0 aliphatic carbocycles. The monoisotopic (exact) mass is 290 g/mol.